The lowest BCUT2D eigenvalue weighted by atomic mass is 9.68. The molecule has 0 aromatic heterocycles. The van der Waals surface area contributed by atoms with E-state index in [1.165, 1.54) is 6.07 Å². The number of benzene rings is 1. The van der Waals surface area contributed by atoms with Crippen LogP contribution in [0.5, 0.6) is 0 Å². The fraction of sp³-hybridized carbons (Fsp3) is 0.500. The summed E-state index contributed by atoms with van der Waals surface area (Å²) >= 11 is 5.97. The number of hydrogen-bond donors (Lipinski definition) is 6. The maximum Gasteiger partial charge on any atom is 0.202 e. The molecule has 8 nitrogen and oxygen atoms in total. The number of hydrogen-bond acceptors (Lipinski definition) is 8. The molecule has 23 heavy (non-hydrogen) atoms. The largest absolute Gasteiger partial charge is 0.394 e. The lowest BCUT2D eigenvalue weighted by Crippen LogP contribution is -2.79. The van der Waals surface area contributed by atoms with Crippen molar-refractivity contribution in [1.82, 2.24) is 0 Å². The van der Waals surface area contributed by atoms with E-state index in [9.17, 15) is 30.6 Å². The highest BCUT2D eigenvalue weighted by molar-refractivity contribution is 6.24. The highest BCUT2D eigenvalue weighted by Crippen LogP contribution is 2.53. The van der Waals surface area contributed by atoms with E-state index in [1.54, 1.807) is 18.2 Å². The average Bonchev–Trinajstić information content (AvgIpc) is 2.88. The predicted molar refractivity (Wildman–Crippen MR) is 78.2 cm³/mol. The van der Waals surface area contributed by atoms with Crippen LogP contribution in [0.3, 0.4) is 0 Å². The molecule has 0 aliphatic carbocycles. The molecule has 0 saturated carbocycles. The molecule has 0 amide bonds. The molecule has 2 heterocycles. The zero-order valence-electron chi connectivity index (χ0n) is 11.7. The summed E-state index contributed by atoms with van der Waals surface area (Å²) in [6.07, 6.45) is -4.93. The fourth-order valence-electron chi connectivity index (χ4n) is 3.09. The van der Waals surface area contributed by atoms with E-state index in [-0.39, 0.29) is 5.56 Å². The quantitative estimate of drug-likeness (QED) is 0.351. The summed E-state index contributed by atoms with van der Waals surface area (Å²) in [4.78, 5) is 3.95. The van der Waals surface area contributed by atoms with Gasteiger partial charge in [0.1, 0.15) is 12.2 Å². The first kappa shape index (κ1) is 16.7. The van der Waals surface area contributed by atoms with Crippen LogP contribution < -0.4 is 0 Å². The summed E-state index contributed by atoms with van der Waals surface area (Å²) < 4.78 is 4.81. The summed E-state index contributed by atoms with van der Waals surface area (Å²) in [5, 5.41) is 59.1. The van der Waals surface area contributed by atoms with Crippen LogP contribution in [0.4, 0.5) is 5.69 Å². The first-order valence-electron chi connectivity index (χ1n) is 6.83. The normalized spacial score (nSPS) is 46.0. The van der Waals surface area contributed by atoms with E-state index in [0.717, 1.165) is 6.21 Å². The smallest absolute Gasteiger partial charge is 0.202 e. The zero-order chi connectivity index (χ0) is 17.0. The topological polar surface area (TPSA) is 143 Å². The minimum absolute atomic E-state index is 0.0754. The Morgan fingerprint density at radius 3 is 2.48 bits per heavy atom. The van der Waals surface area contributed by atoms with Gasteiger partial charge in [-0.25, -0.2) is 0 Å². The number of aliphatic hydroxyl groups is 6. The van der Waals surface area contributed by atoms with Crippen molar-refractivity contribution in [2.75, 3.05) is 6.61 Å². The molecule has 6 atom stereocenters. The molecule has 0 spiro atoms. The van der Waals surface area contributed by atoms with Gasteiger partial charge in [0, 0.05) is 11.8 Å². The Balaban J connectivity index is 2.21. The number of ether oxygens (including phenoxy) is 1. The second-order valence-corrected chi connectivity index (χ2v) is 6.20. The number of halogens is 1. The van der Waals surface area contributed by atoms with Gasteiger partial charge < -0.3 is 35.4 Å². The Hall–Kier alpha value is -1.10. The van der Waals surface area contributed by atoms with Crippen molar-refractivity contribution < 1.29 is 35.4 Å². The minimum Gasteiger partial charge on any atom is -0.394 e. The van der Waals surface area contributed by atoms with Crippen LogP contribution in [-0.4, -0.2) is 72.6 Å². The van der Waals surface area contributed by atoms with Crippen molar-refractivity contribution >= 4 is 23.5 Å². The first-order chi connectivity index (χ1) is 10.7. The number of fused-ring (bicyclic) bond motifs is 1. The van der Waals surface area contributed by atoms with Crippen LogP contribution in [-0.2, 0) is 10.3 Å². The average molecular weight is 346 g/mol. The molecule has 1 aromatic rings. The van der Waals surface area contributed by atoms with E-state index in [1.807, 2.05) is 0 Å². The van der Waals surface area contributed by atoms with Gasteiger partial charge >= 0.3 is 0 Å². The summed E-state index contributed by atoms with van der Waals surface area (Å²) in [5.74, 6) is 0. The van der Waals surface area contributed by atoms with Crippen molar-refractivity contribution in [2.45, 2.75) is 34.8 Å². The van der Waals surface area contributed by atoms with Crippen molar-refractivity contribution in [3.63, 3.8) is 0 Å². The number of rotatable bonds is 2. The molecule has 126 valence electrons. The number of nitrogens with zero attached hydrogens (tertiary/aromatic N) is 1. The molecule has 0 radical (unpaired) electrons. The van der Waals surface area contributed by atoms with E-state index in [2.05, 4.69) is 4.99 Å². The van der Waals surface area contributed by atoms with E-state index in [0.29, 0.717) is 5.69 Å². The van der Waals surface area contributed by atoms with Crippen molar-refractivity contribution in [1.29, 1.82) is 0 Å². The molecule has 1 unspecified atom stereocenters. The monoisotopic (exact) mass is 345 g/mol. The van der Waals surface area contributed by atoms with Crippen molar-refractivity contribution in [3.8, 4) is 0 Å². The third-order valence-corrected chi connectivity index (χ3v) is 4.95. The SMILES string of the molecule is OC[C@H]1O[C@H](O)[C@@H](O)[C@](O)(C2(O)C=Nc3ccccc32)[C@@]1(O)Cl. The molecule has 2 aliphatic rings. The van der Waals surface area contributed by atoms with Gasteiger partial charge in [0.05, 0.1) is 12.3 Å². The molecule has 6 N–H and O–H groups in total. The lowest BCUT2D eigenvalue weighted by molar-refractivity contribution is -0.362. The van der Waals surface area contributed by atoms with Gasteiger partial charge in [-0.15, -0.1) is 0 Å². The van der Waals surface area contributed by atoms with Crippen LogP contribution in [0.25, 0.3) is 0 Å². The van der Waals surface area contributed by atoms with Crippen LogP contribution in [0.2, 0.25) is 0 Å². The lowest BCUT2D eigenvalue weighted by Gasteiger charge is -2.55. The van der Waals surface area contributed by atoms with Gasteiger partial charge in [-0.1, -0.05) is 29.8 Å². The molecule has 1 aromatic carbocycles. The first-order valence-corrected chi connectivity index (χ1v) is 7.21. The van der Waals surface area contributed by atoms with Crippen LogP contribution in [0, 0.1) is 0 Å². The van der Waals surface area contributed by atoms with Gasteiger partial charge in [0.25, 0.3) is 0 Å². The molecule has 0 bridgehead atoms. The molecular weight excluding hydrogens is 330 g/mol. The summed E-state index contributed by atoms with van der Waals surface area (Å²) in [6, 6.07) is 6.17. The third-order valence-electron chi connectivity index (χ3n) is 4.42. The molecule has 9 heteroatoms. The number of aliphatic imine (C=N–C) groups is 1. The van der Waals surface area contributed by atoms with Gasteiger partial charge in [0.15, 0.2) is 17.5 Å². The van der Waals surface area contributed by atoms with Crippen LogP contribution in [0.1, 0.15) is 5.56 Å². The predicted octanol–water partition coefficient (Wildman–Crippen LogP) is -1.68. The maximum atomic E-state index is 11.0. The Kier molecular flexibility index (Phi) is 3.79. The molecule has 1 saturated heterocycles. The van der Waals surface area contributed by atoms with Crippen molar-refractivity contribution in [2.24, 2.45) is 4.99 Å². The summed E-state index contributed by atoms with van der Waals surface area (Å²) in [5.41, 5.74) is -4.96. The molecule has 3 rings (SSSR count). The Bertz CT molecular complexity index is 654. The molecular formula is C14H16ClNO7. The van der Waals surface area contributed by atoms with E-state index < -0.39 is 41.4 Å². The standard InChI is InChI=1S/C14H16ClNO7/c15-14(22)9(5-17)23-11(19)10(18)13(14,21)12(20)6-16-8-4-2-1-3-7(8)12/h1-4,6,9-11,17-22H,5H2/t9-,10-,11+,12?,13+,14-/m1/s1. The fourth-order valence-corrected chi connectivity index (χ4v) is 3.47. The number of para-hydroxylation sites is 1. The summed E-state index contributed by atoms with van der Waals surface area (Å²) in [7, 11) is 0. The van der Waals surface area contributed by atoms with Crippen LogP contribution >= 0.6 is 11.6 Å². The number of aliphatic hydroxyl groups excluding tert-OH is 3. The number of alkyl halides is 1. The maximum absolute atomic E-state index is 11.0. The Labute approximate surface area is 135 Å². The molecule has 1 fully saturated rings. The second kappa shape index (κ2) is 5.20. The van der Waals surface area contributed by atoms with Gasteiger partial charge in [0.2, 0.25) is 5.06 Å². The van der Waals surface area contributed by atoms with Crippen LogP contribution in [0.15, 0.2) is 29.3 Å². The van der Waals surface area contributed by atoms with Gasteiger partial charge in [-0.2, -0.15) is 0 Å². The second-order valence-electron chi connectivity index (χ2n) is 5.62. The Morgan fingerprint density at radius 2 is 1.83 bits per heavy atom. The third kappa shape index (κ3) is 1.95. The minimum atomic E-state index is -2.91. The Morgan fingerprint density at radius 1 is 1.17 bits per heavy atom. The van der Waals surface area contributed by atoms with Crippen molar-refractivity contribution in [3.05, 3.63) is 29.8 Å². The molecule has 2 aliphatic heterocycles. The summed E-state index contributed by atoms with van der Waals surface area (Å²) in [6.45, 7) is -0.874. The zero-order valence-corrected chi connectivity index (χ0v) is 12.5. The van der Waals surface area contributed by atoms with Gasteiger partial charge in [-0.05, 0) is 6.07 Å². The highest BCUT2D eigenvalue weighted by atomic mass is 35.5. The van der Waals surface area contributed by atoms with Gasteiger partial charge in [-0.3, -0.25) is 4.99 Å². The van der Waals surface area contributed by atoms with E-state index in [4.69, 9.17) is 16.3 Å². The highest BCUT2D eigenvalue weighted by Gasteiger charge is 2.73. The van der Waals surface area contributed by atoms with E-state index >= 15 is 0 Å².